The first-order chi connectivity index (χ1) is 16.9. The Morgan fingerprint density at radius 1 is 1.14 bits per heavy atom. The third kappa shape index (κ3) is 4.45. The van der Waals surface area contributed by atoms with Gasteiger partial charge in [0.15, 0.2) is 5.13 Å². The normalized spacial score (nSPS) is 13.7. The summed E-state index contributed by atoms with van der Waals surface area (Å²) in [6.07, 6.45) is 1.88. The summed E-state index contributed by atoms with van der Waals surface area (Å²) in [7, 11) is 0. The van der Waals surface area contributed by atoms with Gasteiger partial charge in [0.2, 0.25) is 5.91 Å². The van der Waals surface area contributed by atoms with Crippen LogP contribution in [-0.4, -0.2) is 57.8 Å². The summed E-state index contributed by atoms with van der Waals surface area (Å²) >= 11 is 1.29. The Morgan fingerprint density at radius 2 is 1.91 bits per heavy atom. The number of carbonyl (C=O) groups excluding carboxylic acids is 2. The fourth-order valence-corrected chi connectivity index (χ4v) is 4.95. The zero-order valence-corrected chi connectivity index (χ0v) is 19.7. The van der Waals surface area contributed by atoms with Crippen molar-refractivity contribution in [2.75, 3.05) is 36.4 Å². The Bertz CT molecular complexity index is 1440. The quantitative estimate of drug-likeness (QED) is 0.320. The molecule has 0 saturated carbocycles. The van der Waals surface area contributed by atoms with Crippen molar-refractivity contribution in [2.24, 2.45) is 0 Å². The van der Waals surface area contributed by atoms with E-state index < -0.39 is 10.8 Å². The smallest absolute Gasteiger partial charge is 0.293 e. The van der Waals surface area contributed by atoms with Gasteiger partial charge in [-0.1, -0.05) is 18.2 Å². The van der Waals surface area contributed by atoms with E-state index in [0.717, 1.165) is 22.2 Å². The average Bonchev–Trinajstić information content (AvgIpc) is 3.50. The van der Waals surface area contributed by atoms with Crippen molar-refractivity contribution in [3.8, 4) is 11.3 Å². The van der Waals surface area contributed by atoms with E-state index in [1.807, 2.05) is 40.7 Å². The van der Waals surface area contributed by atoms with E-state index in [1.54, 1.807) is 17.0 Å². The molecule has 5 rings (SSSR count). The molecule has 2 N–H and O–H groups in total. The highest BCUT2D eigenvalue weighted by Crippen LogP contribution is 2.33. The fraction of sp³-hybridized carbons (Fsp3) is 0.208. The van der Waals surface area contributed by atoms with E-state index in [9.17, 15) is 19.7 Å². The van der Waals surface area contributed by atoms with Gasteiger partial charge in [0.05, 0.1) is 10.6 Å². The molecule has 2 amide bonds. The van der Waals surface area contributed by atoms with Crippen LogP contribution in [0.1, 0.15) is 17.3 Å². The van der Waals surface area contributed by atoms with Crippen molar-refractivity contribution in [1.29, 1.82) is 0 Å². The molecule has 35 heavy (non-hydrogen) atoms. The van der Waals surface area contributed by atoms with Crippen molar-refractivity contribution < 1.29 is 14.5 Å². The van der Waals surface area contributed by atoms with Gasteiger partial charge < -0.3 is 14.8 Å². The molecule has 0 bridgehead atoms. The predicted molar refractivity (Wildman–Crippen MR) is 135 cm³/mol. The van der Waals surface area contributed by atoms with Gasteiger partial charge in [0, 0.05) is 72.8 Å². The van der Waals surface area contributed by atoms with Crippen LogP contribution >= 0.6 is 11.3 Å². The number of hydrogen-bond donors (Lipinski definition) is 2. The standard InChI is InChI=1S/C24H22N6O4S/c1-15(31)28-8-10-29(11-9-28)21-7-6-16(12-22(21)30(33)34)23(32)27-24-26-20(14-35-24)18-13-25-19-5-3-2-4-17(18)19/h2-7,12-14,25H,8-11H2,1H3,(H,26,27,32). The summed E-state index contributed by atoms with van der Waals surface area (Å²) in [5.41, 5.74) is 3.12. The second kappa shape index (κ2) is 9.18. The third-order valence-electron chi connectivity index (χ3n) is 6.09. The molecular formula is C24H22N6O4S. The number of H-pyrrole nitrogens is 1. The maximum atomic E-state index is 12.9. The molecule has 2 aromatic heterocycles. The summed E-state index contributed by atoms with van der Waals surface area (Å²) in [5.74, 6) is -0.484. The number of aromatic nitrogens is 2. The van der Waals surface area contributed by atoms with Crippen molar-refractivity contribution in [3.63, 3.8) is 0 Å². The van der Waals surface area contributed by atoms with Gasteiger partial charge in [-0.2, -0.15) is 0 Å². The van der Waals surface area contributed by atoms with Gasteiger partial charge in [0.25, 0.3) is 11.6 Å². The Hall–Kier alpha value is -4.25. The molecule has 2 aromatic carbocycles. The number of thiazole rings is 1. The Labute approximate surface area is 204 Å². The highest BCUT2D eigenvalue weighted by atomic mass is 32.1. The summed E-state index contributed by atoms with van der Waals surface area (Å²) in [4.78, 5) is 47.1. The van der Waals surface area contributed by atoms with E-state index in [2.05, 4.69) is 15.3 Å². The summed E-state index contributed by atoms with van der Waals surface area (Å²) in [5, 5.41) is 17.8. The Morgan fingerprint density at radius 3 is 2.66 bits per heavy atom. The van der Waals surface area contributed by atoms with Gasteiger partial charge in [-0.05, 0) is 18.2 Å². The first kappa shape index (κ1) is 22.5. The molecule has 0 unspecified atom stereocenters. The number of benzene rings is 2. The molecule has 3 heterocycles. The lowest BCUT2D eigenvalue weighted by atomic mass is 10.1. The molecule has 1 saturated heterocycles. The van der Waals surface area contributed by atoms with Gasteiger partial charge in [-0.25, -0.2) is 4.98 Å². The number of nitrogens with zero attached hydrogens (tertiary/aromatic N) is 4. The van der Waals surface area contributed by atoms with Crippen LogP contribution in [0, 0.1) is 10.1 Å². The molecular weight excluding hydrogens is 468 g/mol. The van der Waals surface area contributed by atoms with E-state index >= 15 is 0 Å². The highest BCUT2D eigenvalue weighted by Gasteiger charge is 2.26. The molecule has 178 valence electrons. The molecule has 1 fully saturated rings. The van der Waals surface area contributed by atoms with Crippen molar-refractivity contribution in [2.45, 2.75) is 6.92 Å². The lowest BCUT2D eigenvalue weighted by Crippen LogP contribution is -2.48. The topological polar surface area (TPSA) is 124 Å². The van der Waals surface area contributed by atoms with Crippen molar-refractivity contribution in [3.05, 3.63) is 69.7 Å². The lowest BCUT2D eigenvalue weighted by molar-refractivity contribution is -0.384. The van der Waals surface area contributed by atoms with Crippen molar-refractivity contribution in [1.82, 2.24) is 14.9 Å². The van der Waals surface area contributed by atoms with Crippen LogP contribution < -0.4 is 10.2 Å². The predicted octanol–water partition coefficient (Wildman–Crippen LogP) is 4.12. The van der Waals surface area contributed by atoms with Crippen LogP contribution in [0.2, 0.25) is 0 Å². The first-order valence-electron chi connectivity index (χ1n) is 11.0. The van der Waals surface area contributed by atoms with Gasteiger partial charge in [0.1, 0.15) is 5.69 Å². The Kier molecular flexibility index (Phi) is 5.91. The van der Waals surface area contributed by atoms with Crippen LogP contribution in [-0.2, 0) is 4.79 Å². The lowest BCUT2D eigenvalue weighted by Gasteiger charge is -2.35. The summed E-state index contributed by atoms with van der Waals surface area (Å²) < 4.78 is 0. The minimum Gasteiger partial charge on any atom is -0.362 e. The maximum absolute atomic E-state index is 12.9. The van der Waals surface area contributed by atoms with Crippen LogP contribution in [0.25, 0.3) is 22.2 Å². The zero-order valence-electron chi connectivity index (χ0n) is 18.9. The van der Waals surface area contributed by atoms with E-state index in [4.69, 9.17) is 0 Å². The zero-order chi connectivity index (χ0) is 24.5. The fourth-order valence-electron chi connectivity index (χ4n) is 4.25. The van der Waals surface area contributed by atoms with Gasteiger partial charge in [-0.3, -0.25) is 25.0 Å². The number of nitro benzene ring substituents is 1. The molecule has 10 nitrogen and oxygen atoms in total. The molecule has 0 radical (unpaired) electrons. The summed E-state index contributed by atoms with van der Waals surface area (Å²) in [6.45, 7) is 3.48. The van der Waals surface area contributed by atoms with Crippen LogP contribution in [0.4, 0.5) is 16.5 Å². The van der Waals surface area contributed by atoms with Crippen LogP contribution in [0.15, 0.2) is 54.0 Å². The third-order valence-corrected chi connectivity index (χ3v) is 6.85. The number of nitro groups is 1. The number of para-hydroxylation sites is 1. The molecule has 4 aromatic rings. The van der Waals surface area contributed by atoms with Crippen LogP contribution in [0.5, 0.6) is 0 Å². The minimum absolute atomic E-state index is 0.0128. The SMILES string of the molecule is CC(=O)N1CCN(c2ccc(C(=O)Nc3nc(-c4c[nH]c5ccccc45)cs3)cc2[N+](=O)[O-])CC1. The molecule has 1 aliphatic heterocycles. The monoisotopic (exact) mass is 490 g/mol. The molecule has 11 heteroatoms. The number of anilines is 2. The average molecular weight is 491 g/mol. The largest absolute Gasteiger partial charge is 0.362 e. The second-order valence-electron chi connectivity index (χ2n) is 8.19. The second-order valence-corrected chi connectivity index (χ2v) is 9.05. The minimum atomic E-state index is -0.484. The van der Waals surface area contributed by atoms with Gasteiger partial charge >= 0.3 is 0 Å². The molecule has 0 atom stereocenters. The van der Waals surface area contributed by atoms with E-state index in [0.29, 0.717) is 37.0 Å². The number of carbonyl (C=O) groups is 2. The van der Waals surface area contributed by atoms with E-state index in [-0.39, 0.29) is 17.2 Å². The number of hydrogen-bond acceptors (Lipinski definition) is 7. The molecule has 0 spiro atoms. The number of fused-ring (bicyclic) bond motifs is 1. The van der Waals surface area contributed by atoms with Crippen molar-refractivity contribution >= 4 is 50.6 Å². The highest BCUT2D eigenvalue weighted by molar-refractivity contribution is 7.14. The number of aromatic amines is 1. The first-order valence-corrected chi connectivity index (χ1v) is 11.9. The maximum Gasteiger partial charge on any atom is 0.293 e. The van der Waals surface area contributed by atoms with Gasteiger partial charge in [-0.15, -0.1) is 11.3 Å². The Balaban J connectivity index is 1.33. The number of amides is 2. The van der Waals surface area contributed by atoms with Crippen LogP contribution in [0.3, 0.4) is 0 Å². The number of rotatable bonds is 5. The summed E-state index contributed by atoms with van der Waals surface area (Å²) in [6, 6.07) is 12.3. The number of piperazine rings is 1. The molecule has 1 aliphatic rings. The van der Waals surface area contributed by atoms with E-state index in [1.165, 1.54) is 24.3 Å². The molecule has 0 aliphatic carbocycles. The number of nitrogens with one attached hydrogen (secondary N) is 2.